The second-order valence-electron chi connectivity index (χ2n) is 4.79. The highest BCUT2D eigenvalue weighted by molar-refractivity contribution is 5.61. The van der Waals surface area contributed by atoms with Crippen molar-refractivity contribution >= 4 is 5.82 Å². The van der Waals surface area contributed by atoms with Gasteiger partial charge in [-0.3, -0.25) is 5.01 Å². The molecule has 1 aliphatic heterocycles. The number of nitrogens with one attached hydrogen (secondary N) is 1. The minimum absolute atomic E-state index is 0.807. The van der Waals surface area contributed by atoms with E-state index >= 15 is 0 Å². The molecule has 0 aliphatic carbocycles. The summed E-state index contributed by atoms with van der Waals surface area (Å²) < 4.78 is 0. The number of nitrogens with zero attached hydrogens (tertiary/aromatic N) is 3. The summed E-state index contributed by atoms with van der Waals surface area (Å²) in [6.45, 7) is 6.03. The molecule has 0 spiro atoms. The summed E-state index contributed by atoms with van der Waals surface area (Å²) in [5.74, 6) is 1.84. The highest BCUT2D eigenvalue weighted by Gasteiger charge is 2.23. The Morgan fingerprint density at radius 2 is 2.00 bits per heavy atom. The van der Waals surface area contributed by atoms with Crippen LogP contribution in [0.4, 0.5) is 5.82 Å². The lowest BCUT2D eigenvalue weighted by Crippen LogP contribution is -2.33. The molecule has 0 saturated heterocycles. The van der Waals surface area contributed by atoms with Gasteiger partial charge < -0.3 is 0 Å². The zero-order chi connectivity index (χ0) is 13.2. The zero-order valence-corrected chi connectivity index (χ0v) is 11.3. The first-order valence-corrected chi connectivity index (χ1v) is 6.73. The van der Waals surface area contributed by atoms with Gasteiger partial charge in [0.05, 0.1) is 0 Å². The molecule has 0 saturated carbocycles. The Morgan fingerprint density at radius 1 is 1.21 bits per heavy atom. The molecular formula is C15H18N4. The average molecular weight is 254 g/mol. The second kappa shape index (κ2) is 4.97. The van der Waals surface area contributed by atoms with Crippen LogP contribution in [0.1, 0.15) is 24.6 Å². The number of hydrazine groups is 1. The number of rotatable bonds is 3. The maximum absolute atomic E-state index is 4.74. The molecular weight excluding hydrogens is 236 g/mol. The van der Waals surface area contributed by atoms with Gasteiger partial charge in [0.2, 0.25) is 0 Å². The lowest BCUT2D eigenvalue weighted by Gasteiger charge is -2.17. The molecule has 4 heteroatoms. The van der Waals surface area contributed by atoms with Crippen molar-refractivity contribution in [2.75, 3.05) is 11.6 Å². The molecule has 98 valence electrons. The van der Waals surface area contributed by atoms with Crippen molar-refractivity contribution in [2.45, 2.75) is 26.8 Å². The molecule has 0 unspecified atom stereocenters. The number of benzene rings is 1. The van der Waals surface area contributed by atoms with Gasteiger partial charge in [0.25, 0.3) is 0 Å². The van der Waals surface area contributed by atoms with Gasteiger partial charge in [-0.15, -0.1) is 0 Å². The summed E-state index contributed by atoms with van der Waals surface area (Å²) in [6, 6.07) is 10.1. The molecule has 0 fully saturated rings. The summed E-state index contributed by atoms with van der Waals surface area (Å²) in [6.07, 6.45) is 1.09. The van der Waals surface area contributed by atoms with Crippen LogP contribution in [-0.2, 0) is 6.54 Å². The summed E-state index contributed by atoms with van der Waals surface area (Å²) in [7, 11) is 0. The summed E-state index contributed by atoms with van der Waals surface area (Å²) in [4.78, 5) is 9.37. The largest absolute Gasteiger partial charge is 0.291 e. The van der Waals surface area contributed by atoms with E-state index in [4.69, 9.17) is 4.98 Å². The van der Waals surface area contributed by atoms with Crippen LogP contribution in [0.15, 0.2) is 30.3 Å². The van der Waals surface area contributed by atoms with E-state index in [1.54, 1.807) is 0 Å². The monoisotopic (exact) mass is 254 g/mol. The van der Waals surface area contributed by atoms with Gasteiger partial charge in [0.15, 0.2) is 11.6 Å². The van der Waals surface area contributed by atoms with E-state index in [-0.39, 0.29) is 0 Å². The highest BCUT2D eigenvalue weighted by atomic mass is 15.5. The number of aromatic nitrogens is 2. The third kappa shape index (κ3) is 2.19. The lowest BCUT2D eigenvalue weighted by atomic mass is 10.2. The quantitative estimate of drug-likeness (QED) is 0.914. The van der Waals surface area contributed by atoms with Crippen molar-refractivity contribution in [3.8, 4) is 11.4 Å². The molecule has 0 atom stereocenters. The van der Waals surface area contributed by atoms with Crippen molar-refractivity contribution < 1.29 is 0 Å². The minimum Gasteiger partial charge on any atom is -0.291 e. The van der Waals surface area contributed by atoms with Crippen LogP contribution in [0.2, 0.25) is 0 Å². The topological polar surface area (TPSA) is 41.0 Å². The number of hydrogen-bond donors (Lipinski definition) is 1. The summed E-state index contributed by atoms with van der Waals surface area (Å²) in [5, 5.41) is 2.14. The van der Waals surface area contributed by atoms with Crippen LogP contribution in [-0.4, -0.2) is 16.5 Å². The van der Waals surface area contributed by atoms with E-state index < -0.39 is 0 Å². The fourth-order valence-corrected chi connectivity index (χ4v) is 2.39. The van der Waals surface area contributed by atoms with Crippen molar-refractivity contribution in [2.24, 2.45) is 0 Å². The van der Waals surface area contributed by atoms with E-state index in [0.29, 0.717) is 0 Å². The van der Waals surface area contributed by atoms with Gasteiger partial charge in [-0.2, -0.15) is 0 Å². The van der Waals surface area contributed by atoms with E-state index in [1.165, 1.54) is 5.56 Å². The van der Waals surface area contributed by atoms with Gasteiger partial charge >= 0.3 is 0 Å². The van der Waals surface area contributed by atoms with Gasteiger partial charge in [-0.05, 0) is 13.3 Å². The van der Waals surface area contributed by atoms with Crippen LogP contribution in [0.5, 0.6) is 0 Å². The summed E-state index contributed by atoms with van der Waals surface area (Å²) >= 11 is 0. The average Bonchev–Trinajstić information content (AvgIpc) is 2.84. The van der Waals surface area contributed by atoms with Gasteiger partial charge in [0.1, 0.15) is 0 Å². The van der Waals surface area contributed by atoms with Crippen LogP contribution in [0.3, 0.4) is 0 Å². The van der Waals surface area contributed by atoms with E-state index in [2.05, 4.69) is 29.3 Å². The zero-order valence-electron chi connectivity index (χ0n) is 11.3. The molecule has 2 heterocycles. The summed E-state index contributed by atoms with van der Waals surface area (Å²) in [5.41, 5.74) is 6.72. The second-order valence-corrected chi connectivity index (χ2v) is 4.79. The lowest BCUT2D eigenvalue weighted by molar-refractivity contribution is 0.653. The van der Waals surface area contributed by atoms with Crippen LogP contribution < -0.4 is 10.4 Å². The van der Waals surface area contributed by atoms with Gasteiger partial charge in [-0.1, -0.05) is 37.3 Å². The number of fused-ring (bicyclic) bond motifs is 1. The highest BCUT2D eigenvalue weighted by Crippen LogP contribution is 2.28. The molecule has 2 aromatic rings. The third-order valence-corrected chi connectivity index (χ3v) is 3.37. The predicted molar refractivity (Wildman–Crippen MR) is 76.7 cm³/mol. The van der Waals surface area contributed by atoms with Crippen LogP contribution in [0.25, 0.3) is 11.4 Å². The van der Waals surface area contributed by atoms with E-state index in [9.17, 15) is 0 Å². The van der Waals surface area contributed by atoms with Gasteiger partial charge in [-0.25, -0.2) is 15.4 Å². The maximum atomic E-state index is 4.74. The molecule has 0 bridgehead atoms. The van der Waals surface area contributed by atoms with Crippen molar-refractivity contribution in [1.29, 1.82) is 0 Å². The molecule has 1 aromatic heterocycles. The number of hydrogen-bond acceptors (Lipinski definition) is 4. The van der Waals surface area contributed by atoms with Crippen molar-refractivity contribution in [3.63, 3.8) is 0 Å². The number of anilines is 1. The Hall–Kier alpha value is -1.94. The Balaban J connectivity index is 2.06. The molecule has 19 heavy (non-hydrogen) atoms. The molecule has 0 amide bonds. The molecule has 1 aromatic carbocycles. The van der Waals surface area contributed by atoms with Crippen molar-refractivity contribution in [1.82, 2.24) is 15.4 Å². The Labute approximate surface area is 113 Å². The molecule has 4 nitrogen and oxygen atoms in total. The Kier molecular flexibility index (Phi) is 3.17. The SMILES string of the molecule is CCCN1NCc2c(C)nc(-c3ccccc3)nc21. The molecule has 3 rings (SSSR count). The smallest absolute Gasteiger partial charge is 0.161 e. The normalized spacial score (nSPS) is 13.7. The van der Waals surface area contributed by atoms with Crippen molar-refractivity contribution in [3.05, 3.63) is 41.6 Å². The first-order chi connectivity index (χ1) is 9.29. The minimum atomic E-state index is 0.807. The fourth-order valence-electron chi connectivity index (χ4n) is 2.39. The standard InChI is InChI=1S/C15H18N4/c1-3-9-19-15-13(10-16-19)11(2)17-14(18-15)12-7-5-4-6-8-12/h4-8,16H,3,9-10H2,1-2H3. The van der Waals surface area contributed by atoms with Crippen LogP contribution in [0, 0.1) is 6.92 Å². The molecule has 1 N–H and O–H groups in total. The Morgan fingerprint density at radius 3 is 2.74 bits per heavy atom. The van der Waals surface area contributed by atoms with E-state index in [0.717, 1.165) is 42.4 Å². The Bertz CT molecular complexity index is 580. The first-order valence-electron chi connectivity index (χ1n) is 6.73. The fraction of sp³-hybridized carbons (Fsp3) is 0.333. The van der Waals surface area contributed by atoms with Crippen LogP contribution >= 0.6 is 0 Å². The van der Waals surface area contributed by atoms with E-state index in [1.807, 2.05) is 30.3 Å². The predicted octanol–water partition coefficient (Wildman–Crippen LogP) is 2.69. The van der Waals surface area contributed by atoms with Gasteiger partial charge in [0, 0.05) is 29.9 Å². The molecule has 0 radical (unpaired) electrons. The molecule has 1 aliphatic rings. The maximum Gasteiger partial charge on any atom is 0.161 e. The number of aryl methyl sites for hydroxylation is 1. The third-order valence-electron chi connectivity index (χ3n) is 3.37. The first kappa shape index (κ1) is 12.1.